The monoisotopic (exact) mass is 481 g/mol. The second kappa shape index (κ2) is 10.1. The van der Waals surface area contributed by atoms with Gasteiger partial charge in [-0.15, -0.1) is 24.0 Å². The van der Waals surface area contributed by atoms with E-state index >= 15 is 0 Å². The SMILES string of the molecule is CCNC(=NCCc1cc(C)cc(C)c1)N1CCC(c2cnn(C)c2)C1.I. The minimum atomic E-state index is 0. The van der Waals surface area contributed by atoms with Crippen LogP contribution in [0, 0.1) is 13.8 Å². The molecule has 1 aliphatic heterocycles. The Balaban J connectivity index is 0.00000261. The Hall–Kier alpha value is -1.57. The van der Waals surface area contributed by atoms with Crippen LogP contribution in [0.2, 0.25) is 0 Å². The number of hydrogen-bond donors (Lipinski definition) is 1. The third-order valence-electron chi connectivity index (χ3n) is 4.96. The second-order valence-electron chi connectivity index (χ2n) is 7.36. The lowest BCUT2D eigenvalue weighted by Crippen LogP contribution is -2.40. The summed E-state index contributed by atoms with van der Waals surface area (Å²) in [6.07, 6.45) is 6.28. The molecule has 6 heteroatoms. The van der Waals surface area contributed by atoms with Crippen LogP contribution in [-0.4, -0.2) is 46.8 Å². The average Bonchev–Trinajstić information content (AvgIpc) is 3.22. The third-order valence-corrected chi connectivity index (χ3v) is 4.96. The molecule has 0 saturated carbocycles. The first-order chi connectivity index (χ1) is 12.5. The number of aromatic nitrogens is 2. The molecule has 0 radical (unpaired) electrons. The summed E-state index contributed by atoms with van der Waals surface area (Å²) in [5.41, 5.74) is 5.36. The summed E-state index contributed by atoms with van der Waals surface area (Å²) >= 11 is 0. The fraction of sp³-hybridized carbons (Fsp3) is 0.524. The van der Waals surface area contributed by atoms with Gasteiger partial charge in [-0.3, -0.25) is 9.67 Å². The molecule has 1 N–H and O–H groups in total. The molecule has 0 spiro atoms. The van der Waals surface area contributed by atoms with Gasteiger partial charge < -0.3 is 10.2 Å². The summed E-state index contributed by atoms with van der Waals surface area (Å²) in [6.45, 7) is 10.2. The Morgan fingerprint density at radius 2 is 2.00 bits per heavy atom. The van der Waals surface area contributed by atoms with E-state index in [1.54, 1.807) is 0 Å². The van der Waals surface area contributed by atoms with E-state index in [9.17, 15) is 0 Å². The van der Waals surface area contributed by atoms with Crippen molar-refractivity contribution in [2.75, 3.05) is 26.2 Å². The molecule has 1 unspecified atom stereocenters. The fourth-order valence-corrected chi connectivity index (χ4v) is 3.81. The molecule has 1 saturated heterocycles. The van der Waals surface area contributed by atoms with Gasteiger partial charge in [0.2, 0.25) is 0 Å². The van der Waals surface area contributed by atoms with Crippen LogP contribution in [0.15, 0.2) is 35.6 Å². The molecular weight excluding hydrogens is 449 g/mol. The zero-order valence-corrected chi connectivity index (χ0v) is 19.2. The third kappa shape index (κ3) is 5.96. The maximum absolute atomic E-state index is 4.89. The van der Waals surface area contributed by atoms with Crippen LogP contribution in [0.1, 0.15) is 41.5 Å². The largest absolute Gasteiger partial charge is 0.357 e. The Morgan fingerprint density at radius 1 is 1.26 bits per heavy atom. The molecule has 1 aromatic carbocycles. The number of rotatable bonds is 5. The first-order valence-corrected chi connectivity index (χ1v) is 9.64. The quantitative estimate of drug-likeness (QED) is 0.403. The summed E-state index contributed by atoms with van der Waals surface area (Å²) in [5.74, 6) is 1.59. The number of guanidine groups is 1. The van der Waals surface area contributed by atoms with Gasteiger partial charge in [-0.25, -0.2) is 0 Å². The molecule has 2 aromatic rings. The van der Waals surface area contributed by atoms with E-state index in [4.69, 9.17) is 4.99 Å². The predicted octanol–water partition coefficient (Wildman–Crippen LogP) is 3.65. The first kappa shape index (κ1) is 21.7. The number of aliphatic imine (C=N–C) groups is 1. The van der Waals surface area contributed by atoms with Gasteiger partial charge in [-0.1, -0.05) is 29.3 Å². The molecule has 5 nitrogen and oxygen atoms in total. The smallest absolute Gasteiger partial charge is 0.193 e. The average molecular weight is 481 g/mol. The van der Waals surface area contributed by atoms with Gasteiger partial charge in [-0.2, -0.15) is 5.10 Å². The second-order valence-corrected chi connectivity index (χ2v) is 7.36. The normalized spacial score (nSPS) is 17.1. The lowest BCUT2D eigenvalue weighted by atomic mass is 10.0. The molecule has 0 bridgehead atoms. The van der Waals surface area contributed by atoms with Crippen molar-refractivity contribution in [1.82, 2.24) is 20.0 Å². The molecule has 148 valence electrons. The molecule has 1 atom stereocenters. The van der Waals surface area contributed by atoms with E-state index in [2.05, 4.69) is 60.5 Å². The highest BCUT2D eigenvalue weighted by atomic mass is 127. The Morgan fingerprint density at radius 3 is 2.63 bits per heavy atom. The minimum absolute atomic E-state index is 0. The molecule has 1 fully saturated rings. The first-order valence-electron chi connectivity index (χ1n) is 9.64. The van der Waals surface area contributed by atoms with Gasteiger partial charge in [0.05, 0.1) is 6.20 Å². The highest BCUT2D eigenvalue weighted by Gasteiger charge is 2.26. The van der Waals surface area contributed by atoms with Gasteiger partial charge in [0, 0.05) is 45.3 Å². The van der Waals surface area contributed by atoms with Crippen LogP contribution < -0.4 is 5.32 Å². The predicted molar refractivity (Wildman–Crippen MR) is 123 cm³/mol. The molecule has 0 aliphatic carbocycles. The maximum Gasteiger partial charge on any atom is 0.193 e. The number of aryl methyl sites for hydroxylation is 3. The summed E-state index contributed by atoms with van der Waals surface area (Å²) in [5, 5.41) is 7.78. The van der Waals surface area contributed by atoms with Gasteiger partial charge in [0.25, 0.3) is 0 Å². The van der Waals surface area contributed by atoms with Crippen molar-refractivity contribution in [3.8, 4) is 0 Å². The van der Waals surface area contributed by atoms with Crippen molar-refractivity contribution >= 4 is 29.9 Å². The van der Waals surface area contributed by atoms with Gasteiger partial charge in [0.15, 0.2) is 5.96 Å². The number of nitrogens with one attached hydrogen (secondary N) is 1. The number of halogens is 1. The molecule has 0 amide bonds. The van der Waals surface area contributed by atoms with Gasteiger partial charge >= 0.3 is 0 Å². The standard InChI is InChI=1S/C21H31N5.HI/c1-5-22-21(23-8-6-18-11-16(2)10-17(3)12-18)26-9-7-19(15-26)20-13-24-25(4)14-20;/h10-14,19H,5-9,15H2,1-4H3,(H,22,23);1H. The topological polar surface area (TPSA) is 45.5 Å². The molecule has 1 aliphatic rings. The zero-order chi connectivity index (χ0) is 18.5. The van der Waals surface area contributed by atoms with Crippen LogP contribution in [0.5, 0.6) is 0 Å². The van der Waals surface area contributed by atoms with Crippen molar-refractivity contribution in [3.05, 3.63) is 52.8 Å². The van der Waals surface area contributed by atoms with Crippen molar-refractivity contribution in [1.29, 1.82) is 0 Å². The van der Waals surface area contributed by atoms with Crippen LogP contribution >= 0.6 is 24.0 Å². The van der Waals surface area contributed by atoms with Crippen molar-refractivity contribution in [2.45, 2.75) is 39.5 Å². The highest BCUT2D eigenvalue weighted by molar-refractivity contribution is 14.0. The van der Waals surface area contributed by atoms with Crippen LogP contribution in [0.4, 0.5) is 0 Å². The summed E-state index contributed by atoms with van der Waals surface area (Å²) in [7, 11) is 1.98. The van der Waals surface area contributed by atoms with Crippen LogP contribution in [0.3, 0.4) is 0 Å². The Bertz CT molecular complexity index is 747. The number of benzene rings is 1. The maximum atomic E-state index is 4.89. The van der Waals surface area contributed by atoms with Crippen LogP contribution in [-0.2, 0) is 13.5 Å². The summed E-state index contributed by atoms with van der Waals surface area (Å²) < 4.78 is 1.89. The van der Waals surface area contributed by atoms with Gasteiger partial charge in [-0.05, 0) is 44.7 Å². The Kier molecular flexibility index (Phi) is 8.13. The van der Waals surface area contributed by atoms with E-state index < -0.39 is 0 Å². The molecule has 2 heterocycles. The zero-order valence-electron chi connectivity index (χ0n) is 16.9. The highest BCUT2D eigenvalue weighted by Crippen LogP contribution is 2.26. The fourth-order valence-electron chi connectivity index (χ4n) is 3.81. The minimum Gasteiger partial charge on any atom is -0.357 e. The molecule has 27 heavy (non-hydrogen) atoms. The molecule has 3 rings (SSSR count). The van der Waals surface area contributed by atoms with E-state index in [1.807, 2.05) is 17.9 Å². The van der Waals surface area contributed by atoms with Crippen molar-refractivity contribution in [3.63, 3.8) is 0 Å². The Labute approximate surface area is 180 Å². The lowest BCUT2D eigenvalue weighted by Gasteiger charge is -2.21. The van der Waals surface area contributed by atoms with E-state index in [0.29, 0.717) is 5.92 Å². The van der Waals surface area contributed by atoms with E-state index in [1.165, 1.54) is 22.3 Å². The lowest BCUT2D eigenvalue weighted by molar-refractivity contribution is 0.486. The van der Waals surface area contributed by atoms with E-state index in [0.717, 1.165) is 45.0 Å². The molecular formula is C21H32IN5. The summed E-state index contributed by atoms with van der Waals surface area (Å²) in [6, 6.07) is 6.76. The molecule has 1 aromatic heterocycles. The number of likely N-dealkylation sites (tertiary alicyclic amines) is 1. The summed E-state index contributed by atoms with van der Waals surface area (Å²) in [4.78, 5) is 7.29. The number of hydrogen-bond acceptors (Lipinski definition) is 2. The van der Waals surface area contributed by atoms with Gasteiger partial charge in [0.1, 0.15) is 0 Å². The van der Waals surface area contributed by atoms with Crippen molar-refractivity contribution < 1.29 is 0 Å². The number of nitrogens with zero attached hydrogens (tertiary/aromatic N) is 4. The van der Waals surface area contributed by atoms with E-state index in [-0.39, 0.29) is 24.0 Å². The van der Waals surface area contributed by atoms with Crippen LogP contribution in [0.25, 0.3) is 0 Å². The van der Waals surface area contributed by atoms with Crippen molar-refractivity contribution in [2.24, 2.45) is 12.0 Å².